The minimum absolute atomic E-state index is 0.201. The maximum absolute atomic E-state index is 12.8. The maximum Gasteiger partial charge on any atom is 0.235 e. The molecule has 134 valence electrons. The summed E-state index contributed by atoms with van der Waals surface area (Å²) in [5.74, 6) is 1.25. The summed E-state index contributed by atoms with van der Waals surface area (Å²) in [6, 6.07) is 24.6. The van der Waals surface area contributed by atoms with Crippen LogP contribution in [-0.4, -0.2) is 7.11 Å². The second kappa shape index (κ2) is 7.38. The van der Waals surface area contributed by atoms with Gasteiger partial charge in [0.05, 0.1) is 12.5 Å². The van der Waals surface area contributed by atoms with Gasteiger partial charge in [-0.25, -0.2) is 0 Å². The lowest BCUT2D eigenvalue weighted by molar-refractivity contribution is 0.306. The van der Waals surface area contributed by atoms with E-state index in [1.807, 2.05) is 60.7 Å². The largest absolute Gasteiger partial charge is 0.490 e. The molecule has 3 aromatic carbocycles. The van der Waals surface area contributed by atoms with Gasteiger partial charge in [-0.2, -0.15) is 0 Å². The molecule has 0 bridgehead atoms. The van der Waals surface area contributed by atoms with Crippen molar-refractivity contribution in [3.05, 3.63) is 94.6 Å². The molecule has 0 saturated heterocycles. The van der Waals surface area contributed by atoms with E-state index in [4.69, 9.17) is 13.9 Å². The normalized spacial score (nSPS) is 10.7. The minimum atomic E-state index is -0.202. The van der Waals surface area contributed by atoms with E-state index >= 15 is 0 Å². The van der Waals surface area contributed by atoms with Crippen molar-refractivity contribution in [2.45, 2.75) is 6.61 Å². The molecule has 1 heterocycles. The van der Waals surface area contributed by atoms with Gasteiger partial charge >= 0.3 is 0 Å². The molecule has 4 heteroatoms. The highest BCUT2D eigenvalue weighted by Gasteiger charge is 2.17. The van der Waals surface area contributed by atoms with E-state index in [2.05, 4.69) is 0 Å². The third-order valence-electron chi connectivity index (χ3n) is 4.31. The number of hydrogen-bond acceptors (Lipinski definition) is 4. The lowest BCUT2D eigenvalue weighted by Gasteiger charge is -2.11. The molecule has 0 fully saturated rings. The SMILES string of the molecule is COc1c(-c2ccccc2)oc2cc(OCc3ccccc3)ccc2c1=O. The summed E-state index contributed by atoms with van der Waals surface area (Å²) in [6.45, 7) is 0.443. The van der Waals surface area contributed by atoms with Crippen molar-refractivity contribution in [3.63, 3.8) is 0 Å². The number of methoxy groups -OCH3 is 1. The molecule has 4 aromatic rings. The zero-order valence-electron chi connectivity index (χ0n) is 14.8. The molecule has 27 heavy (non-hydrogen) atoms. The Morgan fingerprint density at radius 2 is 1.59 bits per heavy atom. The molecular weight excluding hydrogens is 340 g/mol. The maximum atomic E-state index is 12.8. The Labute approximate surface area is 156 Å². The Hall–Kier alpha value is -3.53. The van der Waals surface area contributed by atoms with E-state index < -0.39 is 0 Å². The lowest BCUT2D eigenvalue weighted by atomic mass is 10.1. The first kappa shape index (κ1) is 16.9. The van der Waals surface area contributed by atoms with Gasteiger partial charge in [0.1, 0.15) is 17.9 Å². The molecule has 0 amide bonds. The fourth-order valence-corrected chi connectivity index (χ4v) is 2.95. The highest BCUT2D eigenvalue weighted by atomic mass is 16.5. The van der Waals surface area contributed by atoms with Gasteiger partial charge in [0.15, 0.2) is 5.76 Å². The van der Waals surface area contributed by atoms with Crippen LogP contribution in [0, 0.1) is 0 Å². The van der Waals surface area contributed by atoms with Crippen LogP contribution in [-0.2, 0) is 6.61 Å². The molecule has 0 saturated carbocycles. The second-order valence-corrected chi connectivity index (χ2v) is 6.09. The van der Waals surface area contributed by atoms with Crippen LogP contribution in [0.4, 0.5) is 0 Å². The van der Waals surface area contributed by atoms with Crippen molar-refractivity contribution in [2.24, 2.45) is 0 Å². The molecule has 0 radical (unpaired) electrons. The molecule has 4 nitrogen and oxygen atoms in total. The van der Waals surface area contributed by atoms with E-state index in [1.165, 1.54) is 7.11 Å². The average molecular weight is 358 g/mol. The highest BCUT2D eigenvalue weighted by molar-refractivity contribution is 5.83. The zero-order chi connectivity index (χ0) is 18.6. The average Bonchev–Trinajstić information content (AvgIpc) is 2.73. The van der Waals surface area contributed by atoms with E-state index in [0.717, 1.165) is 11.1 Å². The van der Waals surface area contributed by atoms with Crippen LogP contribution >= 0.6 is 0 Å². The molecular formula is C23H18O4. The van der Waals surface area contributed by atoms with Crippen LogP contribution in [0.1, 0.15) is 5.56 Å². The standard InChI is InChI=1S/C23H18O4/c1-25-23-21(24)19-13-12-18(26-15-16-8-4-2-5-9-16)14-20(19)27-22(23)17-10-6-3-7-11-17/h2-14H,15H2,1H3. The van der Waals surface area contributed by atoms with Crippen molar-refractivity contribution >= 4 is 11.0 Å². The topological polar surface area (TPSA) is 48.7 Å². The Morgan fingerprint density at radius 1 is 0.889 bits per heavy atom. The Bertz CT molecular complexity index is 1120. The minimum Gasteiger partial charge on any atom is -0.490 e. The Morgan fingerprint density at radius 3 is 2.30 bits per heavy atom. The fraction of sp³-hybridized carbons (Fsp3) is 0.0870. The van der Waals surface area contributed by atoms with Crippen LogP contribution in [0.5, 0.6) is 11.5 Å². The Balaban J connectivity index is 1.75. The van der Waals surface area contributed by atoms with E-state index in [-0.39, 0.29) is 11.2 Å². The molecule has 0 N–H and O–H groups in total. The molecule has 0 aliphatic rings. The smallest absolute Gasteiger partial charge is 0.235 e. The van der Waals surface area contributed by atoms with Gasteiger partial charge in [0, 0.05) is 11.6 Å². The molecule has 0 unspecified atom stereocenters. The van der Waals surface area contributed by atoms with Gasteiger partial charge < -0.3 is 13.9 Å². The van der Waals surface area contributed by atoms with Crippen molar-refractivity contribution in [3.8, 4) is 22.8 Å². The first-order chi connectivity index (χ1) is 13.3. The molecule has 0 aliphatic heterocycles. The molecule has 1 aromatic heterocycles. The van der Waals surface area contributed by atoms with Crippen LogP contribution in [0.15, 0.2) is 88.1 Å². The van der Waals surface area contributed by atoms with Crippen molar-refractivity contribution in [1.29, 1.82) is 0 Å². The molecule has 0 aliphatic carbocycles. The lowest BCUT2D eigenvalue weighted by Crippen LogP contribution is -2.07. The van der Waals surface area contributed by atoms with Crippen molar-refractivity contribution in [1.82, 2.24) is 0 Å². The van der Waals surface area contributed by atoms with Gasteiger partial charge in [-0.15, -0.1) is 0 Å². The molecule has 0 spiro atoms. The summed E-state index contributed by atoms with van der Waals surface area (Å²) in [5, 5.41) is 0.457. The monoisotopic (exact) mass is 358 g/mol. The van der Waals surface area contributed by atoms with E-state index in [0.29, 0.717) is 29.1 Å². The summed E-state index contributed by atoms with van der Waals surface area (Å²) >= 11 is 0. The predicted molar refractivity (Wildman–Crippen MR) is 105 cm³/mol. The van der Waals surface area contributed by atoms with Crippen LogP contribution in [0.25, 0.3) is 22.3 Å². The van der Waals surface area contributed by atoms with Crippen molar-refractivity contribution in [2.75, 3.05) is 7.11 Å². The zero-order valence-corrected chi connectivity index (χ0v) is 14.8. The predicted octanol–water partition coefficient (Wildman–Crippen LogP) is 5.05. The van der Waals surface area contributed by atoms with Gasteiger partial charge in [-0.3, -0.25) is 4.79 Å². The summed E-state index contributed by atoms with van der Waals surface area (Å²) in [7, 11) is 1.47. The first-order valence-electron chi connectivity index (χ1n) is 8.63. The summed E-state index contributed by atoms with van der Waals surface area (Å²) in [4.78, 5) is 12.8. The number of hydrogen-bond donors (Lipinski definition) is 0. The number of ether oxygens (including phenoxy) is 2. The molecule has 4 rings (SSSR count). The highest BCUT2D eigenvalue weighted by Crippen LogP contribution is 2.31. The van der Waals surface area contributed by atoms with Crippen LogP contribution in [0.2, 0.25) is 0 Å². The second-order valence-electron chi connectivity index (χ2n) is 6.09. The fourth-order valence-electron chi connectivity index (χ4n) is 2.95. The number of benzene rings is 3. The number of rotatable bonds is 5. The first-order valence-corrected chi connectivity index (χ1v) is 8.63. The summed E-state index contributed by atoms with van der Waals surface area (Å²) in [6.07, 6.45) is 0. The van der Waals surface area contributed by atoms with Gasteiger partial charge in [0.25, 0.3) is 0 Å². The van der Waals surface area contributed by atoms with Crippen molar-refractivity contribution < 1.29 is 13.9 Å². The van der Waals surface area contributed by atoms with Crippen LogP contribution in [0.3, 0.4) is 0 Å². The third kappa shape index (κ3) is 3.42. The third-order valence-corrected chi connectivity index (χ3v) is 4.31. The van der Waals surface area contributed by atoms with Gasteiger partial charge in [-0.1, -0.05) is 60.7 Å². The van der Waals surface area contributed by atoms with Gasteiger partial charge in [0.2, 0.25) is 11.2 Å². The van der Waals surface area contributed by atoms with E-state index in [1.54, 1.807) is 18.2 Å². The van der Waals surface area contributed by atoms with Gasteiger partial charge in [-0.05, 0) is 17.7 Å². The summed E-state index contributed by atoms with van der Waals surface area (Å²) < 4.78 is 17.2. The molecule has 0 atom stereocenters. The summed E-state index contributed by atoms with van der Waals surface area (Å²) in [5.41, 5.74) is 2.11. The number of fused-ring (bicyclic) bond motifs is 1. The van der Waals surface area contributed by atoms with E-state index in [9.17, 15) is 4.79 Å². The Kier molecular flexibility index (Phi) is 4.62. The quantitative estimate of drug-likeness (QED) is 0.501. The van der Waals surface area contributed by atoms with Crippen LogP contribution < -0.4 is 14.9 Å².